The van der Waals surface area contributed by atoms with Gasteiger partial charge in [-0.15, -0.1) is 93.3 Å². The van der Waals surface area contributed by atoms with E-state index in [9.17, 15) is 40.7 Å². The van der Waals surface area contributed by atoms with Gasteiger partial charge in [0.1, 0.15) is 0 Å². The number of carbonyl (C=O) groups excluding carboxylic acids is 2. The summed E-state index contributed by atoms with van der Waals surface area (Å²) in [6, 6.07) is 19.6. The third-order valence-electron chi connectivity index (χ3n) is 7.90. The zero-order chi connectivity index (χ0) is 43.3. The van der Waals surface area contributed by atoms with Gasteiger partial charge in [-0.25, -0.2) is 35.9 Å². The van der Waals surface area contributed by atoms with Crippen LogP contribution in [0.2, 0.25) is 0 Å². The second kappa shape index (κ2) is 22.8. The van der Waals surface area contributed by atoms with Gasteiger partial charge in [-0.1, -0.05) is 18.2 Å². The van der Waals surface area contributed by atoms with Gasteiger partial charge in [0.05, 0.1) is 35.1 Å². The lowest BCUT2D eigenvalue weighted by molar-refractivity contribution is 0.0598. The summed E-state index contributed by atoms with van der Waals surface area (Å²) < 4.78 is 88.9. The van der Waals surface area contributed by atoms with Crippen LogP contribution in [-0.2, 0) is 22.0 Å². The average molecular weight is 971 g/mol. The number of esters is 1. The Balaban J connectivity index is 0.000000159. The number of aromatic carboxylic acids is 1. The molecule has 3 aromatic carbocycles. The van der Waals surface area contributed by atoms with Crippen LogP contribution in [0, 0.1) is 34.9 Å². The summed E-state index contributed by atoms with van der Waals surface area (Å²) in [4.78, 5) is 34.6. The lowest BCUT2D eigenvalue weighted by atomic mass is 10.0. The van der Waals surface area contributed by atoms with Gasteiger partial charge in [-0.05, 0) is 82.2 Å². The molecule has 19 heteroatoms. The molecule has 0 radical (unpaired) electrons. The van der Waals surface area contributed by atoms with Crippen molar-refractivity contribution in [3.63, 3.8) is 0 Å². The smallest absolute Gasteiger partial charge is 0.338 e. The number of fused-ring (bicyclic) bond motifs is 2. The highest BCUT2D eigenvalue weighted by molar-refractivity contribution is 8.01. The molecule has 5 heterocycles. The summed E-state index contributed by atoms with van der Waals surface area (Å²) >= 11 is 14.1. The Morgan fingerprint density at radius 1 is 0.667 bits per heavy atom. The van der Waals surface area contributed by atoms with Gasteiger partial charge < -0.3 is 9.84 Å². The van der Waals surface area contributed by atoms with Crippen molar-refractivity contribution in [3.05, 3.63) is 174 Å². The van der Waals surface area contributed by atoms with E-state index in [0.29, 0.717) is 5.56 Å². The third-order valence-corrected chi connectivity index (χ3v) is 15.6. The fraction of sp³-hybridized carbons (Fsp3) is 0.0976. The highest BCUT2D eigenvalue weighted by atomic mass is 32.2. The zero-order valence-corrected chi connectivity index (χ0v) is 37.2. The quantitative estimate of drug-likeness (QED) is 0.0675. The van der Waals surface area contributed by atoms with Crippen molar-refractivity contribution in [1.29, 1.82) is 0 Å². The van der Waals surface area contributed by atoms with E-state index in [1.165, 1.54) is 88.5 Å². The highest BCUT2D eigenvalue weighted by Crippen LogP contribution is 2.38. The van der Waals surface area contributed by atoms with Crippen LogP contribution in [0.3, 0.4) is 0 Å². The van der Waals surface area contributed by atoms with Crippen molar-refractivity contribution < 1.29 is 50.6 Å². The van der Waals surface area contributed by atoms with Gasteiger partial charge in [0.15, 0.2) is 40.7 Å². The van der Waals surface area contributed by atoms with E-state index in [-0.39, 0.29) is 56.4 Å². The molecule has 0 bridgehead atoms. The molecule has 8 rings (SSSR count). The minimum absolute atomic E-state index is 0.0326. The first-order valence-corrected chi connectivity index (χ1v) is 23.7. The number of benzene rings is 3. The fourth-order valence-corrected chi connectivity index (χ4v) is 11.5. The first kappa shape index (κ1) is 47.1. The zero-order valence-electron chi connectivity index (χ0n) is 30.6. The largest absolute Gasteiger partial charge is 0.478 e. The number of carboxylic acids is 1. The number of ketones is 1. The molecule has 4 aromatic heterocycles. The predicted octanol–water partition coefficient (Wildman–Crippen LogP) is 14.0. The molecule has 0 spiro atoms. The van der Waals surface area contributed by atoms with Gasteiger partial charge in [-0.2, -0.15) is 0 Å². The molecule has 0 saturated carbocycles. The number of thiol groups is 1. The van der Waals surface area contributed by atoms with Gasteiger partial charge in [-0.3, -0.25) is 4.79 Å². The standard InChI is InChI=1S/C13H10F2O2S2.C12H8F2O2S2.C12H6F2OS2.C4H4S2/c1-17-13(16)8-4-5-10(14)12(15)9(8)7-19-11-3-2-6-18-11;13-9-4-3-7(12(15)16)8(11(9)14)6-18-10-2-1-5-17-10;13-9-2-1-6-8(10(9)14)5-17-12-7(11(6)15)3-4-16-12;5-4-2-1-3-6-4/h2-6H,7H2,1H3;1-5H,6H2,(H,15,16);1-4H,5H2;1-3,5H. The van der Waals surface area contributed by atoms with E-state index in [0.717, 1.165) is 41.1 Å². The van der Waals surface area contributed by atoms with Crippen molar-refractivity contribution in [3.8, 4) is 0 Å². The second-order valence-corrected chi connectivity index (χ2v) is 19.9. The number of thiophene rings is 4. The second-order valence-electron chi connectivity index (χ2n) is 11.6. The molecule has 1 aliphatic heterocycles. The summed E-state index contributed by atoms with van der Waals surface area (Å²) in [6.45, 7) is 0. The van der Waals surface area contributed by atoms with E-state index in [1.807, 2.05) is 57.9 Å². The minimum Gasteiger partial charge on any atom is -0.478 e. The molecule has 7 aromatic rings. The van der Waals surface area contributed by atoms with Crippen LogP contribution >= 0.6 is 93.3 Å². The molecule has 0 unspecified atom stereocenters. The molecular weight excluding hydrogens is 943 g/mol. The van der Waals surface area contributed by atoms with Crippen molar-refractivity contribution in [2.45, 2.75) is 34.1 Å². The maximum Gasteiger partial charge on any atom is 0.338 e. The number of carbonyl (C=O) groups is 3. The molecular formula is C41H28F6O5S8. The normalized spacial score (nSPS) is 11.4. The number of halogens is 6. The summed E-state index contributed by atoms with van der Waals surface area (Å²) in [6.07, 6.45) is 0. The van der Waals surface area contributed by atoms with E-state index in [2.05, 4.69) is 17.4 Å². The Morgan fingerprint density at radius 3 is 1.70 bits per heavy atom. The molecule has 1 aliphatic rings. The molecule has 312 valence electrons. The van der Waals surface area contributed by atoms with Crippen molar-refractivity contribution in [1.82, 2.24) is 0 Å². The number of methoxy groups -OCH3 is 1. The molecule has 0 saturated heterocycles. The van der Waals surface area contributed by atoms with Crippen LogP contribution in [0.4, 0.5) is 26.3 Å². The van der Waals surface area contributed by atoms with Crippen LogP contribution in [0.5, 0.6) is 0 Å². The highest BCUT2D eigenvalue weighted by Gasteiger charge is 2.26. The number of rotatable bonds is 8. The molecule has 0 atom stereocenters. The van der Waals surface area contributed by atoms with E-state index >= 15 is 0 Å². The Kier molecular flexibility index (Phi) is 17.9. The summed E-state index contributed by atoms with van der Waals surface area (Å²) in [7, 11) is 1.21. The van der Waals surface area contributed by atoms with E-state index < -0.39 is 46.8 Å². The molecule has 5 nitrogen and oxygen atoms in total. The predicted molar refractivity (Wildman–Crippen MR) is 234 cm³/mol. The monoisotopic (exact) mass is 970 g/mol. The van der Waals surface area contributed by atoms with Crippen molar-refractivity contribution in [2.24, 2.45) is 0 Å². The summed E-state index contributed by atoms with van der Waals surface area (Å²) in [5.74, 6) is -7.46. The maximum absolute atomic E-state index is 13.8. The van der Waals surface area contributed by atoms with Gasteiger partial charge in [0.25, 0.3) is 0 Å². The first-order chi connectivity index (χ1) is 28.8. The molecule has 60 heavy (non-hydrogen) atoms. The van der Waals surface area contributed by atoms with Gasteiger partial charge in [0, 0.05) is 45.1 Å². The Bertz CT molecular complexity index is 2540. The number of ether oxygens (including phenoxy) is 1. The van der Waals surface area contributed by atoms with Gasteiger partial charge >= 0.3 is 11.9 Å². The minimum atomic E-state index is -1.25. The Hall–Kier alpha value is -3.95. The van der Waals surface area contributed by atoms with Crippen LogP contribution in [0.25, 0.3) is 0 Å². The molecule has 0 aliphatic carbocycles. The van der Waals surface area contributed by atoms with E-state index in [1.54, 1.807) is 17.4 Å². The molecule has 0 amide bonds. The summed E-state index contributed by atoms with van der Waals surface area (Å²) in [5.41, 5.74) is 0.816. The van der Waals surface area contributed by atoms with Crippen LogP contribution in [0.15, 0.2) is 117 Å². The first-order valence-electron chi connectivity index (χ1n) is 16.8. The number of carboxylic acid groups (broad SMARTS) is 1. The van der Waals surface area contributed by atoms with E-state index in [4.69, 9.17) is 5.11 Å². The molecule has 1 N–H and O–H groups in total. The Morgan fingerprint density at radius 2 is 1.20 bits per heavy atom. The third kappa shape index (κ3) is 12.3. The summed E-state index contributed by atoms with van der Waals surface area (Å²) in [5, 5.41) is 16.5. The molecule has 0 fully saturated rings. The van der Waals surface area contributed by atoms with Crippen LogP contribution in [-0.4, -0.2) is 29.9 Å². The lowest BCUT2D eigenvalue weighted by Crippen LogP contribution is -2.08. The maximum atomic E-state index is 13.8. The number of hydrogen-bond acceptors (Lipinski definition) is 12. The topological polar surface area (TPSA) is 80.7 Å². The average Bonchev–Trinajstić information content (AvgIpc) is 4.09. The van der Waals surface area contributed by atoms with Crippen LogP contribution < -0.4 is 0 Å². The SMILES string of the molecule is COC(=O)c1ccc(F)c(F)c1CSc1cccs1.O=C(O)c1ccc(F)c(F)c1CSc1cccs1.O=C1c2ccsc2SCc2c1ccc(F)c2F.Sc1cccs1. The number of hydrogen-bond donors (Lipinski definition) is 2. The van der Waals surface area contributed by atoms with Crippen molar-refractivity contribution in [2.75, 3.05) is 7.11 Å². The lowest BCUT2D eigenvalue weighted by Gasteiger charge is -2.09. The Labute approximate surface area is 374 Å². The number of thioether (sulfide) groups is 3. The van der Waals surface area contributed by atoms with Crippen molar-refractivity contribution >= 4 is 111 Å². The van der Waals surface area contributed by atoms with Crippen LogP contribution in [0.1, 0.15) is 53.3 Å². The van der Waals surface area contributed by atoms with Gasteiger partial charge in [0.2, 0.25) is 0 Å². The fourth-order valence-electron chi connectivity index (χ4n) is 5.02.